The summed E-state index contributed by atoms with van der Waals surface area (Å²) in [7, 11) is 0. The third-order valence-corrected chi connectivity index (χ3v) is 4.95. The summed E-state index contributed by atoms with van der Waals surface area (Å²) in [6.07, 6.45) is 4.99. The molecule has 0 saturated carbocycles. The predicted molar refractivity (Wildman–Crippen MR) is 96.5 cm³/mol. The number of aromatic nitrogens is 5. The Morgan fingerprint density at radius 3 is 2.88 bits per heavy atom. The quantitative estimate of drug-likeness (QED) is 0.771. The first-order chi connectivity index (χ1) is 12.6. The number of anilines is 1. The molecular formula is C18H20N6O2. The molecule has 0 aliphatic carbocycles. The second-order valence-corrected chi connectivity index (χ2v) is 6.66. The third-order valence-electron chi connectivity index (χ3n) is 4.95. The molecule has 0 amide bonds. The number of aryl methyl sites for hydroxylation is 2. The van der Waals surface area contributed by atoms with E-state index in [0.29, 0.717) is 18.8 Å². The minimum absolute atomic E-state index is 0.386. The van der Waals surface area contributed by atoms with Crippen LogP contribution in [0, 0.1) is 19.8 Å². The standard InChI is InChI=1S/C18H20N6O2/c1-11-15-12(2)24(14-6-3-7-19-9-14)22-16(15)17(21-20-11)23-8-4-5-13(10-23)18(25)26/h3,6-7,9,13H,4-5,8,10H2,1-2H3,(H,25,26). The fraction of sp³-hybridized carbons (Fsp3) is 0.389. The number of rotatable bonds is 3. The molecule has 1 unspecified atom stereocenters. The van der Waals surface area contributed by atoms with Gasteiger partial charge in [-0.25, -0.2) is 4.68 Å². The van der Waals surface area contributed by atoms with Crippen molar-refractivity contribution in [3.05, 3.63) is 35.9 Å². The van der Waals surface area contributed by atoms with Gasteiger partial charge in [0.1, 0.15) is 5.52 Å². The monoisotopic (exact) mass is 352 g/mol. The van der Waals surface area contributed by atoms with E-state index >= 15 is 0 Å². The Hall–Kier alpha value is -3.03. The van der Waals surface area contributed by atoms with Crippen LogP contribution in [0.15, 0.2) is 24.5 Å². The number of carboxylic acids is 1. The van der Waals surface area contributed by atoms with Crippen LogP contribution in [0.1, 0.15) is 24.2 Å². The van der Waals surface area contributed by atoms with Crippen molar-refractivity contribution in [1.82, 2.24) is 25.0 Å². The fourth-order valence-corrected chi connectivity index (χ4v) is 3.63. The van der Waals surface area contributed by atoms with Crippen molar-refractivity contribution in [3.63, 3.8) is 0 Å². The molecule has 26 heavy (non-hydrogen) atoms. The Morgan fingerprint density at radius 1 is 1.31 bits per heavy atom. The molecule has 1 saturated heterocycles. The number of piperidine rings is 1. The maximum Gasteiger partial charge on any atom is 0.308 e. The predicted octanol–water partition coefficient (Wildman–Crippen LogP) is 2.13. The zero-order valence-corrected chi connectivity index (χ0v) is 14.8. The molecule has 8 heteroatoms. The van der Waals surface area contributed by atoms with Gasteiger partial charge in [0.25, 0.3) is 0 Å². The summed E-state index contributed by atoms with van der Waals surface area (Å²) in [5, 5.41) is 23.8. The smallest absolute Gasteiger partial charge is 0.308 e. The minimum atomic E-state index is -0.761. The van der Waals surface area contributed by atoms with Crippen LogP contribution < -0.4 is 4.90 Å². The van der Waals surface area contributed by atoms with Crippen molar-refractivity contribution in [1.29, 1.82) is 0 Å². The molecule has 1 aliphatic rings. The average Bonchev–Trinajstić information content (AvgIpc) is 3.01. The maximum absolute atomic E-state index is 11.4. The molecule has 8 nitrogen and oxygen atoms in total. The number of carbonyl (C=O) groups is 1. The lowest BCUT2D eigenvalue weighted by Gasteiger charge is -2.31. The summed E-state index contributed by atoms with van der Waals surface area (Å²) >= 11 is 0. The number of carboxylic acid groups (broad SMARTS) is 1. The molecule has 0 aromatic carbocycles. The van der Waals surface area contributed by atoms with E-state index in [0.717, 1.165) is 40.9 Å². The summed E-state index contributed by atoms with van der Waals surface area (Å²) in [6, 6.07) is 3.82. The normalized spacial score (nSPS) is 17.6. The Morgan fingerprint density at radius 2 is 2.15 bits per heavy atom. The fourth-order valence-electron chi connectivity index (χ4n) is 3.63. The van der Waals surface area contributed by atoms with Crippen LogP contribution in [0.2, 0.25) is 0 Å². The van der Waals surface area contributed by atoms with Gasteiger partial charge < -0.3 is 10.0 Å². The van der Waals surface area contributed by atoms with Crippen molar-refractivity contribution >= 4 is 22.7 Å². The van der Waals surface area contributed by atoms with Crippen LogP contribution in [0.5, 0.6) is 0 Å². The molecule has 1 N–H and O–H groups in total. The Labute approximate surface area is 150 Å². The van der Waals surface area contributed by atoms with Crippen molar-refractivity contribution in [2.75, 3.05) is 18.0 Å². The molecule has 4 heterocycles. The lowest BCUT2D eigenvalue weighted by atomic mass is 9.98. The van der Waals surface area contributed by atoms with Crippen LogP contribution in [-0.2, 0) is 4.79 Å². The largest absolute Gasteiger partial charge is 0.481 e. The van der Waals surface area contributed by atoms with E-state index in [1.165, 1.54) is 0 Å². The number of hydrogen-bond donors (Lipinski definition) is 1. The molecule has 1 fully saturated rings. The Balaban J connectivity index is 1.84. The van der Waals surface area contributed by atoms with Crippen molar-refractivity contribution in [2.24, 2.45) is 5.92 Å². The highest BCUT2D eigenvalue weighted by Gasteiger charge is 2.29. The van der Waals surface area contributed by atoms with Gasteiger partial charge in [-0.3, -0.25) is 9.78 Å². The molecule has 0 radical (unpaired) electrons. The van der Waals surface area contributed by atoms with Crippen molar-refractivity contribution in [2.45, 2.75) is 26.7 Å². The van der Waals surface area contributed by atoms with E-state index in [-0.39, 0.29) is 5.92 Å². The first-order valence-corrected chi connectivity index (χ1v) is 8.67. The summed E-state index contributed by atoms with van der Waals surface area (Å²) in [6.45, 7) is 5.10. The Kier molecular flexibility index (Phi) is 4.02. The topological polar surface area (TPSA) is 97.0 Å². The van der Waals surface area contributed by atoms with E-state index in [1.807, 2.05) is 35.6 Å². The highest BCUT2D eigenvalue weighted by molar-refractivity contribution is 5.92. The van der Waals surface area contributed by atoms with Crippen LogP contribution in [0.3, 0.4) is 0 Å². The molecule has 134 valence electrons. The number of hydrogen-bond acceptors (Lipinski definition) is 6. The lowest BCUT2D eigenvalue weighted by Crippen LogP contribution is -2.39. The van der Waals surface area contributed by atoms with Crippen molar-refractivity contribution in [3.8, 4) is 5.69 Å². The number of pyridine rings is 1. The van der Waals surface area contributed by atoms with Crippen LogP contribution >= 0.6 is 0 Å². The van der Waals surface area contributed by atoms with E-state index < -0.39 is 5.97 Å². The summed E-state index contributed by atoms with van der Waals surface area (Å²) < 4.78 is 1.84. The molecule has 1 aliphatic heterocycles. The van der Waals surface area contributed by atoms with Crippen molar-refractivity contribution < 1.29 is 9.90 Å². The SMILES string of the molecule is Cc1nnc(N2CCCC(C(=O)O)C2)c2nn(-c3cccnc3)c(C)c12. The zero-order chi connectivity index (χ0) is 18.3. The number of nitrogens with zero attached hydrogens (tertiary/aromatic N) is 6. The molecular weight excluding hydrogens is 332 g/mol. The molecule has 3 aromatic rings. The zero-order valence-electron chi connectivity index (χ0n) is 14.8. The second-order valence-electron chi connectivity index (χ2n) is 6.66. The van der Waals surface area contributed by atoms with Gasteiger partial charge in [0.2, 0.25) is 0 Å². The second kappa shape index (κ2) is 6.36. The highest BCUT2D eigenvalue weighted by Crippen LogP contribution is 2.31. The van der Waals surface area contributed by atoms with E-state index in [4.69, 9.17) is 5.10 Å². The van der Waals surface area contributed by atoms with Crippen LogP contribution in [0.25, 0.3) is 16.6 Å². The third kappa shape index (κ3) is 2.67. The number of aliphatic carboxylic acids is 1. The summed E-state index contributed by atoms with van der Waals surface area (Å²) in [5.41, 5.74) is 3.40. The van der Waals surface area contributed by atoms with Gasteiger partial charge in [-0.2, -0.15) is 10.2 Å². The van der Waals surface area contributed by atoms with E-state index in [2.05, 4.69) is 15.2 Å². The van der Waals surface area contributed by atoms with Gasteiger partial charge in [0.05, 0.1) is 34.6 Å². The highest BCUT2D eigenvalue weighted by atomic mass is 16.4. The van der Waals surface area contributed by atoms with Gasteiger partial charge in [0.15, 0.2) is 5.82 Å². The molecule has 1 atom stereocenters. The van der Waals surface area contributed by atoms with E-state index in [1.54, 1.807) is 12.4 Å². The molecule has 0 bridgehead atoms. The summed E-state index contributed by atoms with van der Waals surface area (Å²) in [4.78, 5) is 17.6. The van der Waals surface area contributed by atoms with Gasteiger partial charge in [-0.15, -0.1) is 5.10 Å². The molecule has 4 rings (SSSR count). The van der Waals surface area contributed by atoms with Gasteiger partial charge in [-0.1, -0.05) is 0 Å². The van der Waals surface area contributed by atoms with Gasteiger partial charge in [0, 0.05) is 19.3 Å². The van der Waals surface area contributed by atoms with Crippen LogP contribution in [-0.4, -0.2) is 49.1 Å². The van der Waals surface area contributed by atoms with Gasteiger partial charge >= 0.3 is 5.97 Å². The van der Waals surface area contributed by atoms with Gasteiger partial charge in [-0.05, 0) is 38.8 Å². The average molecular weight is 352 g/mol. The van der Waals surface area contributed by atoms with Crippen LogP contribution in [0.4, 0.5) is 5.82 Å². The molecule has 0 spiro atoms. The number of fused-ring (bicyclic) bond motifs is 1. The summed E-state index contributed by atoms with van der Waals surface area (Å²) in [5.74, 6) is -0.492. The minimum Gasteiger partial charge on any atom is -0.481 e. The lowest BCUT2D eigenvalue weighted by molar-refractivity contribution is -0.141. The molecule has 3 aromatic heterocycles. The Bertz CT molecular complexity index is 969. The first kappa shape index (κ1) is 16.4. The first-order valence-electron chi connectivity index (χ1n) is 8.67. The maximum atomic E-state index is 11.4. The van der Waals surface area contributed by atoms with E-state index in [9.17, 15) is 9.90 Å².